The summed E-state index contributed by atoms with van der Waals surface area (Å²) in [6.45, 7) is 3.73. The Morgan fingerprint density at radius 1 is 1.41 bits per heavy atom. The Labute approximate surface area is 108 Å². The topological polar surface area (TPSA) is 42.0 Å². The van der Waals surface area contributed by atoms with E-state index in [2.05, 4.69) is 10.3 Å². The van der Waals surface area contributed by atoms with Gasteiger partial charge in [-0.2, -0.15) is 0 Å². The van der Waals surface area contributed by atoms with Crippen LogP contribution in [0.25, 0.3) is 0 Å². The number of nitrogens with zero attached hydrogens (tertiary/aromatic N) is 1. The summed E-state index contributed by atoms with van der Waals surface area (Å²) in [5.41, 5.74) is 2.43. The maximum atomic E-state index is 11.9. The van der Waals surface area contributed by atoms with Crippen molar-refractivity contribution in [2.45, 2.75) is 13.8 Å². The summed E-state index contributed by atoms with van der Waals surface area (Å²) in [6.07, 6.45) is 0. The second kappa shape index (κ2) is 4.85. The number of hydrogen-bond acceptors (Lipinski definition) is 3. The molecule has 1 amide bonds. The van der Waals surface area contributed by atoms with Gasteiger partial charge in [0.2, 0.25) is 0 Å². The molecule has 0 spiro atoms. The number of halogens is 1. The molecule has 1 aromatic carbocycles. The van der Waals surface area contributed by atoms with Crippen LogP contribution in [0.3, 0.4) is 0 Å². The van der Waals surface area contributed by atoms with E-state index >= 15 is 0 Å². The Balaban J connectivity index is 2.21. The average Bonchev–Trinajstić information content (AvgIpc) is 2.72. The molecule has 0 bridgehead atoms. The van der Waals surface area contributed by atoms with Crippen molar-refractivity contribution in [3.05, 3.63) is 44.9 Å². The lowest BCUT2D eigenvalue weighted by Gasteiger charge is -2.07. The van der Waals surface area contributed by atoms with Gasteiger partial charge in [0.25, 0.3) is 5.91 Å². The molecule has 0 unspecified atom stereocenters. The summed E-state index contributed by atoms with van der Waals surface area (Å²) in [6, 6.07) is 5.41. The molecule has 0 saturated heterocycles. The zero-order valence-corrected chi connectivity index (χ0v) is 11.0. The van der Waals surface area contributed by atoms with Crippen LogP contribution in [0.4, 0.5) is 5.69 Å². The zero-order valence-electron chi connectivity index (χ0n) is 9.45. The van der Waals surface area contributed by atoms with Crippen LogP contribution in [-0.4, -0.2) is 10.9 Å². The lowest BCUT2D eigenvalue weighted by atomic mass is 10.2. The number of hydrogen-bond donors (Lipinski definition) is 1. The van der Waals surface area contributed by atoms with Crippen molar-refractivity contribution in [3.63, 3.8) is 0 Å². The van der Waals surface area contributed by atoms with Crippen molar-refractivity contribution >= 4 is 34.5 Å². The second-order valence-corrected chi connectivity index (χ2v) is 4.93. The molecule has 17 heavy (non-hydrogen) atoms. The summed E-state index contributed by atoms with van der Waals surface area (Å²) >= 11 is 7.31. The Bertz CT molecular complexity index is 565. The maximum absolute atomic E-state index is 11.9. The van der Waals surface area contributed by atoms with Crippen molar-refractivity contribution in [1.82, 2.24) is 4.98 Å². The molecule has 1 heterocycles. The molecular formula is C12H11ClN2OS. The fourth-order valence-electron chi connectivity index (χ4n) is 1.38. The number of carbonyl (C=O) groups is 1. The highest BCUT2D eigenvalue weighted by molar-refractivity contribution is 7.11. The molecule has 5 heteroatoms. The minimum Gasteiger partial charge on any atom is -0.320 e. The number of aromatic nitrogens is 1. The van der Waals surface area contributed by atoms with Crippen LogP contribution in [0, 0.1) is 13.8 Å². The van der Waals surface area contributed by atoms with E-state index in [1.807, 2.05) is 25.3 Å². The number of amides is 1. The van der Waals surface area contributed by atoms with Gasteiger partial charge in [0.1, 0.15) is 0 Å². The quantitative estimate of drug-likeness (QED) is 0.901. The molecule has 1 N–H and O–H groups in total. The van der Waals surface area contributed by atoms with E-state index < -0.39 is 0 Å². The molecule has 2 rings (SSSR count). The van der Waals surface area contributed by atoms with Crippen LogP contribution in [0.2, 0.25) is 5.02 Å². The normalized spacial score (nSPS) is 10.3. The number of rotatable bonds is 2. The van der Waals surface area contributed by atoms with Crippen molar-refractivity contribution in [2.75, 3.05) is 5.32 Å². The average molecular weight is 267 g/mol. The van der Waals surface area contributed by atoms with Crippen LogP contribution in [0.15, 0.2) is 23.6 Å². The Hall–Kier alpha value is -1.39. The third-order valence-electron chi connectivity index (χ3n) is 2.33. The third-order valence-corrected chi connectivity index (χ3v) is 3.70. The first-order valence-corrected chi connectivity index (χ1v) is 6.32. The Morgan fingerprint density at radius 3 is 2.82 bits per heavy atom. The molecule has 0 fully saturated rings. The van der Waals surface area contributed by atoms with Crippen LogP contribution >= 0.6 is 22.9 Å². The minimum atomic E-state index is -0.200. The highest BCUT2D eigenvalue weighted by Gasteiger charge is 2.11. The van der Waals surface area contributed by atoms with Gasteiger partial charge in [0.05, 0.1) is 0 Å². The van der Waals surface area contributed by atoms with Crippen molar-refractivity contribution in [1.29, 1.82) is 0 Å². The number of anilines is 1. The highest BCUT2D eigenvalue weighted by atomic mass is 35.5. The maximum Gasteiger partial charge on any atom is 0.284 e. The fourth-order valence-corrected chi connectivity index (χ4v) is 2.24. The first-order valence-electron chi connectivity index (χ1n) is 5.06. The van der Waals surface area contributed by atoms with Crippen molar-refractivity contribution < 1.29 is 4.79 Å². The van der Waals surface area contributed by atoms with E-state index in [0.717, 1.165) is 16.9 Å². The molecule has 0 saturated carbocycles. The van der Waals surface area contributed by atoms with Gasteiger partial charge in [-0.3, -0.25) is 4.79 Å². The zero-order chi connectivity index (χ0) is 12.4. The molecule has 0 atom stereocenters. The standard InChI is InChI=1S/C12H11ClN2OS/c1-7-6-17-12(14-7)11(16)15-10-5-3-4-9(13)8(10)2/h3-6H,1-2H3,(H,15,16). The highest BCUT2D eigenvalue weighted by Crippen LogP contribution is 2.23. The van der Waals surface area contributed by atoms with Crippen molar-refractivity contribution in [3.8, 4) is 0 Å². The summed E-state index contributed by atoms with van der Waals surface area (Å²) in [5, 5.41) is 5.75. The van der Waals surface area contributed by atoms with Gasteiger partial charge in [-0.1, -0.05) is 17.7 Å². The third kappa shape index (κ3) is 2.65. The predicted molar refractivity (Wildman–Crippen MR) is 71.0 cm³/mol. The summed E-state index contributed by atoms with van der Waals surface area (Å²) in [7, 11) is 0. The minimum absolute atomic E-state index is 0.200. The van der Waals surface area contributed by atoms with Crippen molar-refractivity contribution in [2.24, 2.45) is 0 Å². The molecule has 3 nitrogen and oxygen atoms in total. The molecular weight excluding hydrogens is 256 g/mol. The van der Waals surface area contributed by atoms with Gasteiger partial charge in [-0.25, -0.2) is 4.98 Å². The lowest BCUT2D eigenvalue weighted by Crippen LogP contribution is -2.12. The molecule has 2 aromatic rings. The van der Waals surface area contributed by atoms with E-state index in [-0.39, 0.29) is 5.91 Å². The van der Waals surface area contributed by atoms with Gasteiger partial charge < -0.3 is 5.32 Å². The molecule has 0 radical (unpaired) electrons. The van der Waals surface area contributed by atoms with E-state index in [1.165, 1.54) is 11.3 Å². The Morgan fingerprint density at radius 2 is 2.18 bits per heavy atom. The van der Waals surface area contributed by atoms with E-state index in [0.29, 0.717) is 10.0 Å². The number of thiazole rings is 1. The van der Waals surface area contributed by atoms with Crippen LogP contribution < -0.4 is 5.32 Å². The predicted octanol–water partition coefficient (Wildman–Crippen LogP) is 3.67. The summed E-state index contributed by atoms with van der Waals surface area (Å²) < 4.78 is 0. The number of carbonyl (C=O) groups excluding carboxylic acids is 1. The number of aryl methyl sites for hydroxylation is 1. The summed E-state index contributed by atoms with van der Waals surface area (Å²) in [5.74, 6) is -0.200. The largest absolute Gasteiger partial charge is 0.320 e. The van der Waals surface area contributed by atoms with Gasteiger partial charge in [-0.15, -0.1) is 11.3 Å². The fraction of sp³-hybridized carbons (Fsp3) is 0.167. The molecule has 0 aliphatic rings. The SMILES string of the molecule is Cc1csc(C(=O)Nc2cccc(Cl)c2C)n1. The molecule has 0 aliphatic carbocycles. The smallest absolute Gasteiger partial charge is 0.284 e. The lowest BCUT2D eigenvalue weighted by molar-refractivity contribution is 0.102. The van der Waals surface area contributed by atoms with Gasteiger partial charge >= 0.3 is 0 Å². The molecule has 0 aliphatic heterocycles. The monoisotopic (exact) mass is 266 g/mol. The van der Waals surface area contributed by atoms with Gasteiger partial charge in [0.15, 0.2) is 5.01 Å². The van der Waals surface area contributed by atoms with Gasteiger partial charge in [0, 0.05) is 21.8 Å². The number of benzene rings is 1. The first kappa shape index (κ1) is 12.1. The Kier molecular flexibility index (Phi) is 3.45. The van der Waals surface area contributed by atoms with E-state index in [9.17, 15) is 4.79 Å². The van der Waals surface area contributed by atoms with E-state index in [1.54, 1.807) is 12.1 Å². The van der Waals surface area contributed by atoms with Crippen LogP contribution in [0.5, 0.6) is 0 Å². The first-order chi connectivity index (χ1) is 8.08. The summed E-state index contributed by atoms with van der Waals surface area (Å²) in [4.78, 5) is 16.0. The van der Waals surface area contributed by atoms with Gasteiger partial charge in [-0.05, 0) is 31.5 Å². The van der Waals surface area contributed by atoms with Crippen LogP contribution in [-0.2, 0) is 0 Å². The van der Waals surface area contributed by atoms with Crippen LogP contribution in [0.1, 0.15) is 21.1 Å². The number of nitrogens with one attached hydrogen (secondary N) is 1. The molecule has 88 valence electrons. The second-order valence-electron chi connectivity index (χ2n) is 3.66. The molecule has 1 aromatic heterocycles. The van der Waals surface area contributed by atoms with E-state index in [4.69, 9.17) is 11.6 Å².